The first-order valence-electron chi connectivity index (χ1n) is 16.6. The second kappa shape index (κ2) is 10.5. The SMILES string of the molecule is C=C1CC[C@@]2(OC1)O[C@H]1C[C@H]3[C@@H]4CCC5CC(O[C@@H]6O[C@H](CO)[C@@H](O)[C@H](O)[C@H]6O)CC(O)[C@]5(C)[C@H]4CC[C@]3(C)[C@H]1[C@@H]2C. The Morgan fingerprint density at radius 3 is 2.45 bits per heavy atom. The highest BCUT2D eigenvalue weighted by atomic mass is 16.7. The number of aliphatic hydroxyl groups is 5. The smallest absolute Gasteiger partial charge is 0.186 e. The molecule has 1 spiro atoms. The molecule has 17 atom stereocenters. The Balaban J connectivity index is 1.05. The van der Waals surface area contributed by atoms with E-state index in [1.54, 1.807) is 0 Å². The first-order valence-corrected chi connectivity index (χ1v) is 16.6. The fraction of sp³-hybridized carbons (Fsp3) is 0.939. The Kier molecular flexibility index (Phi) is 7.48. The molecule has 3 unspecified atom stereocenters. The first kappa shape index (κ1) is 30.1. The molecular weight excluding hydrogens is 540 g/mol. The summed E-state index contributed by atoms with van der Waals surface area (Å²) in [4.78, 5) is 0. The topological polar surface area (TPSA) is 138 Å². The van der Waals surface area contributed by atoms with Gasteiger partial charge < -0.3 is 44.5 Å². The maximum atomic E-state index is 11.8. The van der Waals surface area contributed by atoms with Crippen molar-refractivity contribution in [2.75, 3.05) is 13.2 Å². The molecule has 0 radical (unpaired) electrons. The van der Waals surface area contributed by atoms with Crippen molar-refractivity contribution in [1.82, 2.24) is 0 Å². The van der Waals surface area contributed by atoms with Crippen molar-refractivity contribution in [3.8, 4) is 0 Å². The Morgan fingerprint density at radius 2 is 1.74 bits per heavy atom. The quantitative estimate of drug-likeness (QED) is 0.247. The van der Waals surface area contributed by atoms with Crippen LogP contribution in [0.4, 0.5) is 0 Å². The molecule has 238 valence electrons. The Hall–Kier alpha value is -0.620. The van der Waals surface area contributed by atoms with Gasteiger partial charge in [0, 0.05) is 18.8 Å². The lowest BCUT2D eigenvalue weighted by Gasteiger charge is -2.62. The number of ether oxygens (including phenoxy) is 4. The van der Waals surface area contributed by atoms with E-state index < -0.39 is 49.2 Å². The van der Waals surface area contributed by atoms with Crippen molar-refractivity contribution in [2.45, 2.75) is 133 Å². The van der Waals surface area contributed by atoms with Crippen LogP contribution in [0.3, 0.4) is 0 Å². The van der Waals surface area contributed by atoms with Crippen molar-refractivity contribution in [3.05, 3.63) is 12.2 Å². The van der Waals surface area contributed by atoms with Crippen LogP contribution in [0.1, 0.15) is 78.6 Å². The summed E-state index contributed by atoms with van der Waals surface area (Å²) in [5.74, 6) is 2.26. The minimum absolute atomic E-state index is 0.211. The second-order valence-corrected chi connectivity index (χ2v) is 15.6. The summed E-state index contributed by atoms with van der Waals surface area (Å²) in [7, 11) is 0. The highest BCUT2D eigenvalue weighted by Gasteiger charge is 2.69. The molecule has 4 saturated carbocycles. The average Bonchev–Trinajstić information content (AvgIpc) is 3.41. The molecule has 9 nitrogen and oxygen atoms in total. The summed E-state index contributed by atoms with van der Waals surface area (Å²) in [6, 6.07) is 0. The molecule has 4 aliphatic carbocycles. The second-order valence-electron chi connectivity index (χ2n) is 15.6. The van der Waals surface area contributed by atoms with E-state index >= 15 is 0 Å². The van der Waals surface area contributed by atoms with Crippen LogP contribution in [0.5, 0.6) is 0 Å². The fourth-order valence-corrected chi connectivity index (χ4v) is 11.6. The van der Waals surface area contributed by atoms with E-state index in [0.29, 0.717) is 42.6 Å². The molecule has 0 aromatic rings. The van der Waals surface area contributed by atoms with Crippen LogP contribution < -0.4 is 0 Å². The highest BCUT2D eigenvalue weighted by Crippen LogP contribution is 2.71. The number of rotatable bonds is 3. The van der Waals surface area contributed by atoms with Gasteiger partial charge in [0.1, 0.15) is 24.4 Å². The Bertz CT molecular complexity index is 1040. The van der Waals surface area contributed by atoms with Gasteiger partial charge in [0.2, 0.25) is 0 Å². The summed E-state index contributed by atoms with van der Waals surface area (Å²) in [6.07, 6.45) is 1.45. The van der Waals surface area contributed by atoms with Crippen LogP contribution in [0, 0.1) is 46.3 Å². The van der Waals surface area contributed by atoms with Crippen LogP contribution in [0.15, 0.2) is 12.2 Å². The normalized spacial score (nSPS) is 59.2. The summed E-state index contributed by atoms with van der Waals surface area (Å²) in [6.45, 7) is 11.4. The van der Waals surface area contributed by atoms with Gasteiger partial charge in [-0.2, -0.15) is 0 Å². The van der Waals surface area contributed by atoms with E-state index in [1.807, 2.05) is 0 Å². The van der Waals surface area contributed by atoms with Gasteiger partial charge in [0.15, 0.2) is 12.1 Å². The van der Waals surface area contributed by atoms with Gasteiger partial charge in [-0.25, -0.2) is 0 Å². The van der Waals surface area contributed by atoms with Crippen LogP contribution >= 0.6 is 0 Å². The Labute approximate surface area is 249 Å². The third-order valence-electron chi connectivity index (χ3n) is 13.9. The van der Waals surface area contributed by atoms with E-state index in [4.69, 9.17) is 18.9 Å². The molecule has 5 N–H and O–H groups in total. The monoisotopic (exact) mass is 592 g/mol. The molecule has 0 aromatic heterocycles. The molecule has 7 rings (SSSR count). The van der Waals surface area contributed by atoms with Crippen LogP contribution in [0.25, 0.3) is 0 Å². The van der Waals surface area contributed by atoms with E-state index in [1.165, 1.54) is 0 Å². The minimum atomic E-state index is -1.47. The summed E-state index contributed by atoms with van der Waals surface area (Å²) in [5.41, 5.74) is 1.16. The molecule has 0 amide bonds. The molecule has 7 aliphatic rings. The third-order valence-corrected chi connectivity index (χ3v) is 13.9. The van der Waals surface area contributed by atoms with Crippen LogP contribution in [-0.2, 0) is 18.9 Å². The molecule has 0 aromatic carbocycles. The van der Waals surface area contributed by atoms with Gasteiger partial charge in [-0.05, 0) is 85.4 Å². The minimum Gasteiger partial charge on any atom is -0.394 e. The average molecular weight is 593 g/mol. The molecule has 0 bridgehead atoms. The van der Waals surface area contributed by atoms with Crippen molar-refractivity contribution in [3.63, 3.8) is 0 Å². The number of aliphatic hydroxyl groups excluding tert-OH is 5. The predicted octanol–water partition coefficient (Wildman–Crippen LogP) is 2.51. The van der Waals surface area contributed by atoms with Gasteiger partial charge in [0.25, 0.3) is 0 Å². The maximum absolute atomic E-state index is 11.8. The standard InChI is InChI=1S/C33H52O9/c1-16-7-10-33(39-15-16)17(2)26-23(42-33)13-22-20-6-5-18-11-19(40-30-29(38)28(37)27(36)24(14-34)41-30)12-25(35)32(18,4)21(20)8-9-31(22,26)3/h17-30,34-38H,1,5-15H2,2-4H3/t17-,18?,19?,20+,21-,22-,23-,24+,25?,26-,27+,28-,29+,30+,31-,32-,33+/m0/s1. The summed E-state index contributed by atoms with van der Waals surface area (Å²) >= 11 is 0. The van der Waals surface area contributed by atoms with E-state index in [9.17, 15) is 25.5 Å². The van der Waals surface area contributed by atoms with Gasteiger partial charge in [-0.3, -0.25) is 0 Å². The van der Waals surface area contributed by atoms with Gasteiger partial charge >= 0.3 is 0 Å². The maximum Gasteiger partial charge on any atom is 0.186 e. The van der Waals surface area contributed by atoms with E-state index in [0.717, 1.165) is 56.9 Å². The zero-order valence-corrected chi connectivity index (χ0v) is 25.4. The van der Waals surface area contributed by atoms with Crippen molar-refractivity contribution < 1.29 is 44.5 Å². The summed E-state index contributed by atoms with van der Waals surface area (Å²) < 4.78 is 25.0. The van der Waals surface area contributed by atoms with Crippen molar-refractivity contribution >= 4 is 0 Å². The Morgan fingerprint density at radius 1 is 0.952 bits per heavy atom. The van der Waals surface area contributed by atoms with Crippen molar-refractivity contribution in [1.29, 1.82) is 0 Å². The van der Waals surface area contributed by atoms with Gasteiger partial charge in [-0.1, -0.05) is 32.9 Å². The molecule has 42 heavy (non-hydrogen) atoms. The zero-order chi connectivity index (χ0) is 29.8. The van der Waals surface area contributed by atoms with Crippen LogP contribution in [-0.4, -0.2) is 93.6 Å². The van der Waals surface area contributed by atoms with Crippen LogP contribution in [0.2, 0.25) is 0 Å². The van der Waals surface area contributed by atoms with E-state index in [-0.39, 0.29) is 29.0 Å². The largest absolute Gasteiger partial charge is 0.394 e. The van der Waals surface area contributed by atoms with Crippen molar-refractivity contribution in [2.24, 2.45) is 46.3 Å². The number of hydrogen-bond donors (Lipinski definition) is 5. The fourth-order valence-electron chi connectivity index (χ4n) is 11.6. The molecule has 9 heteroatoms. The molecule has 3 saturated heterocycles. The third kappa shape index (κ3) is 4.21. The number of hydrogen-bond acceptors (Lipinski definition) is 9. The van der Waals surface area contributed by atoms with Gasteiger partial charge in [0.05, 0.1) is 31.5 Å². The molecule has 3 aliphatic heterocycles. The zero-order valence-electron chi connectivity index (χ0n) is 25.4. The molecule has 3 heterocycles. The first-order chi connectivity index (χ1) is 19.9. The highest BCUT2D eigenvalue weighted by molar-refractivity contribution is 5.17. The lowest BCUT2D eigenvalue weighted by atomic mass is 9.43. The predicted molar refractivity (Wildman–Crippen MR) is 152 cm³/mol. The van der Waals surface area contributed by atoms with E-state index in [2.05, 4.69) is 27.4 Å². The number of fused-ring (bicyclic) bond motifs is 7. The molecule has 7 fully saturated rings. The lowest BCUT2D eigenvalue weighted by molar-refractivity contribution is -0.320. The summed E-state index contributed by atoms with van der Waals surface area (Å²) in [5, 5.41) is 52.2. The lowest BCUT2D eigenvalue weighted by Crippen LogP contribution is -2.62. The van der Waals surface area contributed by atoms with Gasteiger partial charge in [-0.15, -0.1) is 0 Å². The molecular formula is C33H52O9.